The quantitative estimate of drug-likeness (QED) is 0.863. The zero-order chi connectivity index (χ0) is 14.7. The highest BCUT2D eigenvalue weighted by Crippen LogP contribution is 2.39. The Morgan fingerprint density at radius 2 is 2.00 bits per heavy atom. The molecule has 0 bridgehead atoms. The molecule has 1 aromatic rings. The summed E-state index contributed by atoms with van der Waals surface area (Å²) in [5, 5.41) is 7.96. The average Bonchev–Trinajstić information content (AvgIpc) is 2.84. The maximum atomic E-state index is 4.46. The van der Waals surface area contributed by atoms with Gasteiger partial charge < -0.3 is 5.32 Å². The van der Waals surface area contributed by atoms with E-state index in [-0.39, 0.29) is 0 Å². The molecule has 0 unspecified atom stereocenters. The fraction of sp³-hybridized carbons (Fsp3) is 0.706. The smallest absolute Gasteiger partial charge is 0.0590 e. The van der Waals surface area contributed by atoms with Crippen LogP contribution in [0, 0.1) is 12.3 Å². The standard InChI is InChI=1S/C17H28N4/c1-3-10-21-15(2)16(13-19-21)14-20-11-6-17(7-12-20)4-8-18-9-5-17/h3,13,18H,1,4-12,14H2,2H3. The molecule has 4 heteroatoms. The summed E-state index contributed by atoms with van der Waals surface area (Å²) in [6.45, 7) is 12.7. The molecule has 2 aliphatic heterocycles. The van der Waals surface area contributed by atoms with Crippen molar-refractivity contribution in [1.82, 2.24) is 20.0 Å². The van der Waals surface area contributed by atoms with E-state index in [9.17, 15) is 0 Å². The van der Waals surface area contributed by atoms with Gasteiger partial charge in [0.05, 0.1) is 12.7 Å². The predicted octanol–water partition coefficient (Wildman–Crippen LogP) is 2.34. The predicted molar refractivity (Wildman–Crippen MR) is 86.2 cm³/mol. The number of nitrogens with one attached hydrogen (secondary N) is 1. The van der Waals surface area contributed by atoms with E-state index < -0.39 is 0 Å². The van der Waals surface area contributed by atoms with Gasteiger partial charge in [-0.2, -0.15) is 5.10 Å². The minimum Gasteiger partial charge on any atom is -0.317 e. The number of allylic oxidation sites excluding steroid dienone is 1. The molecular weight excluding hydrogens is 260 g/mol. The molecule has 0 saturated carbocycles. The number of hydrogen-bond acceptors (Lipinski definition) is 3. The zero-order valence-electron chi connectivity index (χ0n) is 13.3. The third-order valence-electron chi connectivity index (χ3n) is 5.48. The van der Waals surface area contributed by atoms with Crippen molar-refractivity contribution in [3.8, 4) is 0 Å². The van der Waals surface area contributed by atoms with Crippen LogP contribution in [0.5, 0.6) is 0 Å². The van der Waals surface area contributed by atoms with E-state index in [4.69, 9.17) is 0 Å². The molecular formula is C17H28N4. The Kier molecular flexibility index (Phi) is 4.45. The Hall–Kier alpha value is -1.13. The van der Waals surface area contributed by atoms with Gasteiger partial charge in [0.25, 0.3) is 0 Å². The van der Waals surface area contributed by atoms with Gasteiger partial charge in [-0.05, 0) is 64.2 Å². The third-order valence-corrected chi connectivity index (χ3v) is 5.48. The molecule has 0 radical (unpaired) electrons. The minimum absolute atomic E-state index is 0.643. The lowest BCUT2D eigenvalue weighted by Crippen LogP contribution is -2.45. The maximum absolute atomic E-state index is 4.46. The van der Waals surface area contributed by atoms with Crippen molar-refractivity contribution in [3.05, 3.63) is 30.1 Å². The van der Waals surface area contributed by atoms with Gasteiger partial charge in [0.1, 0.15) is 0 Å². The van der Waals surface area contributed by atoms with E-state index >= 15 is 0 Å². The van der Waals surface area contributed by atoms with Crippen LogP contribution in [-0.2, 0) is 13.1 Å². The average molecular weight is 288 g/mol. The number of rotatable bonds is 4. The number of hydrogen-bond donors (Lipinski definition) is 1. The summed E-state index contributed by atoms with van der Waals surface area (Å²) < 4.78 is 2.04. The number of piperidine rings is 2. The van der Waals surface area contributed by atoms with Crippen LogP contribution in [0.25, 0.3) is 0 Å². The summed E-state index contributed by atoms with van der Waals surface area (Å²) >= 11 is 0. The molecule has 0 atom stereocenters. The van der Waals surface area contributed by atoms with Crippen LogP contribution >= 0.6 is 0 Å². The number of likely N-dealkylation sites (tertiary alicyclic amines) is 1. The van der Waals surface area contributed by atoms with E-state index in [0.29, 0.717) is 5.41 Å². The van der Waals surface area contributed by atoms with Crippen LogP contribution < -0.4 is 5.32 Å². The molecule has 2 aliphatic rings. The van der Waals surface area contributed by atoms with E-state index in [1.165, 1.54) is 63.1 Å². The van der Waals surface area contributed by atoms with Crippen molar-refractivity contribution in [2.45, 2.75) is 45.7 Å². The molecule has 2 saturated heterocycles. The SMILES string of the molecule is C=CCn1ncc(CN2CCC3(CCNCC3)CC2)c1C. The van der Waals surface area contributed by atoms with Gasteiger partial charge in [0, 0.05) is 17.8 Å². The highest BCUT2D eigenvalue weighted by molar-refractivity contribution is 5.16. The second kappa shape index (κ2) is 6.32. The van der Waals surface area contributed by atoms with Crippen molar-refractivity contribution in [3.63, 3.8) is 0 Å². The van der Waals surface area contributed by atoms with Crippen LogP contribution in [0.3, 0.4) is 0 Å². The largest absolute Gasteiger partial charge is 0.317 e. The fourth-order valence-corrected chi connectivity index (χ4v) is 3.83. The van der Waals surface area contributed by atoms with E-state index in [1.807, 2.05) is 17.0 Å². The number of nitrogens with zero attached hydrogens (tertiary/aromatic N) is 3. The second-order valence-corrected chi connectivity index (χ2v) is 6.75. The highest BCUT2D eigenvalue weighted by Gasteiger charge is 2.35. The first kappa shape index (κ1) is 14.8. The van der Waals surface area contributed by atoms with Gasteiger partial charge >= 0.3 is 0 Å². The molecule has 4 nitrogen and oxygen atoms in total. The normalized spacial score (nSPS) is 22.5. The van der Waals surface area contributed by atoms with Crippen molar-refractivity contribution < 1.29 is 0 Å². The Labute approximate surface area is 128 Å². The van der Waals surface area contributed by atoms with Gasteiger partial charge in [-0.3, -0.25) is 9.58 Å². The molecule has 116 valence electrons. The highest BCUT2D eigenvalue weighted by atomic mass is 15.3. The molecule has 21 heavy (non-hydrogen) atoms. The van der Waals surface area contributed by atoms with Crippen LogP contribution in [0.2, 0.25) is 0 Å². The van der Waals surface area contributed by atoms with Gasteiger partial charge in [0.15, 0.2) is 0 Å². The van der Waals surface area contributed by atoms with E-state index in [2.05, 4.69) is 28.8 Å². The first-order valence-electron chi connectivity index (χ1n) is 8.28. The van der Waals surface area contributed by atoms with Crippen LogP contribution in [0.1, 0.15) is 36.9 Å². The second-order valence-electron chi connectivity index (χ2n) is 6.75. The van der Waals surface area contributed by atoms with Gasteiger partial charge in [-0.25, -0.2) is 0 Å². The Morgan fingerprint density at radius 3 is 2.67 bits per heavy atom. The summed E-state index contributed by atoms with van der Waals surface area (Å²) in [4.78, 5) is 2.61. The topological polar surface area (TPSA) is 33.1 Å². The van der Waals surface area contributed by atoms with Crippen molar-refractivity contribution in [2.24, 2.45) is 5.41 Å². The molecule has 3 heterocycles. The molecule has 1 aromatic heterocycles. The molecule has 0 aliphatic carbocycles. The van der Waals surface area contributed by atoms with Crippen LogP contribution in [-0.4, -0.2) is 40.9 Å². The molecule has 0 amide bonds. The van der Waals surface area contributed by atoms with Crippen LogP contribution in [0.4, 0.5) is 0 Å². The van der Waals surface area contributed by atoms with Crippen molar-refractivity contribution in [2.75, 3.05) is 26.2 Å². The van der Waals surface area contributed by atoms with Gasteiger partial charge in [-0.15, -0.1) is 6.58 Å². The lowest BCUT2D eigenvalue weighted by molar-refractivity contribution is 0.0700. The Bertz CT molecular complexity index is 475. The lowest BCUT2D eigenvalue weighted by Gasteiger charge is -2.44. The summed E-state index contributed by atoms with van der Waals surface area (Å²) in [5.74, 6) is 0. The van der Waals surface area contributed by atoms with Crippen molar-refractivity contribution >= 4 is 0 Å². The molecule has 3 rings (SSSR count). The monoisotopic (exact) mass is 288 g/mol. The summed E-state index contributed by atoms with van der Waals surface area (Å²) in [6.07, 6.45) is 9.43. The summed E-state index contributed by atoms with van der Waals surface area (Å²) in [5.41, 5.74) is 3.30. The van der Waals surface area contributed by atoms with Gasteiger partial charge in [0.2, 0.25) is 0 Å². The maximum Gasteiger partial charge on any atom is 0.0590 e. The summed E-state index contributed by atoms with van der Waals surface area (Å²) in [6, 6.07) is 0. The molecule has 1 N–H and O–H groups in total. The molecule has 1 spiro atoms. The summed E-state index contributed by atoms with van der Waals surface area (Å²) in [7, 11) is 0. The van der Waals surface area contributed by atoms with Gasteiger partial charge in [-0.1, -0.05) is 6.08 Å². The van der Waals surface area contributed by atoms with Crippen LogP contribution in [0.15, 0.2) is 18.9 Å². The fourth-order valence-electron chi connectivity index (χ4n) is 3.83. The first-order valence-corrected chi connectivity index (χ1v) is 8.28. The zero-order valence-corrected chi connectivity index (χ0v) is 13.3. The van der Waals surface area contributed by atoms with E-state index in [0.717, 1.165) is 13.1 Å². The molecule has 0 aromatic carbocycles. The Balaban J connectivity index is 1.56. The Morgan fingerprint density at radius 1 is 1.29 bits per heavy atom. The van der Waals surface area contributed by atoms with E-state index in [1.54, 1.807) is 0 Å². The van der Waals surface area contributed by atoms with Crippen molar-refractivity contribution in [1.29, 1.82) is 0 Å². The third kappa shape index (κ3) is 3.22. The number of aromatic nitrogens is 2. The lowest BCUT2D eigenvalue weighted by atomic mass is 9.71. The molecule has 2 fully saturated rings. The first-order chi connectivity index (χ1) is 10.2. The minimum atomic E-state index is 0.643.